The minimum Gasteiger partial charge on any atom is -0.494 e. The number of nitrogens with zero attached hydrogens (tertiary/aromatic N) is 1. The highest BCUT2D eigenvalue weighted by Gasteiger charge is 2.11. The van der Waals surface area contributed by atoms with Crippen LogP contribution < -0.4 is 4.74 Å². The SMILES string of the molecule is C[Si](C)(C)CCCCCCCCCCCOc1ccc(-c2ccc(C#N)cc2)cc1. The third kappa shape index (κ3) is 10.1. The second kappa shape index (κ2) is 13.3. The van der Waals surface area contributed by atoms with Crippen molar-refractivity contribution in [1.29, 1.82) is 5.26 Å². The number of unbranched alkanes of at least 4 members (excludes halogenated alkanes) is 8. The predicted molar refractivity (Wildman–Crippen MR) is 132 cm³/mol. The van der Waals surface area contributed by atoms with Gasteiger partial charge < -0.3 is 4.74 Å². The second-order valence-corrected chi connectivity index (χ2v) is 15.2. The number of nitriles is 1. The highest BCUT2D eigenvalue weighted by atomic mass is 28.3. The molecule has 2 nitrogen and oxygen atoms in total. The van der Waals surface area contributed by atoms with Gasteiger partial charge in [0.2, 0.25) is 0 Å². The van der Waals surface area contributed by atoms with Gasteiger partial charge in [-0.3, -0.25) is 0 Å². The molecule has 0 heterocycles. The molecule has 0 amide bonds. The lowest BCUT2D eigenvalue weighted by Crippen LogP contribution is -2.18. The van der Waals surface area contributed by atoms with Crippen LogP contribution in [0.4, 0.5) is 0 Å². The minimum absolute atomic E-state index is 0.691. The molecule has 0 unspecified atom stereocenters. The number of ether oxygens (including phenoxy) is 1. The zero-order valence-corrected chi connectivity index (χ0v) is 20.3. The molecule has 0 aliphatic heterocycles. The maximum Gasteiger partial charge on any atom is 0.119 e. The molecule has 0 saturated carbocycles. The fraction of sp³-hybridized carbons (Fsp3) is 0.519. The molecule has 2 aromatic rings. The molecule has 0 aromatic heterocycles. The topological polar surface area (TPSA) is 33.0 Å². The standard InChI is InChI=1S/C27H39NOSi/c1-30(2,3)22-12-10-8-6-4-5-7-9-11-21-29-27-19-17-26(18-20-27)25-15-13-24(23-28)14-16-25/h13-20H,4-12,21-22H2,1-3H3. The molecule has 0 spiro atoms. The normalized spacial score (nSPS) is 11.3. The first kappa shape index (κ1) is 24.2. The van der Waals surface area contributed by atoms with E-state index >= 15 is 0 Å². The average Bonchev–Trinajstić information content (AvgIpc) is 2.74. The van der Waals surface area contributed by atoms with Crippen LogP contribution in [0.1, 0.15) is 63.4 Å². The molecule has 0 N–H and O–H groups in total. The molecule has 30 heavy (non-hydrogen) atoms. The van der Waals surface area contributed by atoms with E-state index < -0.39 is 8.07 Å². The first-order valence-electron chi connectivity index (χ1n) is 11.7. The molecule has 0 atom stereocenters. The van der Waals surface area contributed by atoms with Gasteiger partial charge in [0.15, 0.2) is 0 Å². The van der Waals surface area contributed by atoms with Gasteiger partial charge in [0.05, 0.1) is 18.2 Å². The van der Waals surface area contributed by atoms with Crippen LogP contribution >= 0.6 is 0 Å². The van der Waals surface area contributed by atoms with Crippen molar-refractivity contribution in [3.8, 4) is 22.9 Å². The molecule has 0 bridgehead atoms. The summed E-state index contributed by atoms with van der Waals surface area (Å²) < 4.78 is 5.89. The van der Waals surface area contributed by atoms with Crippen LogP contribution in [0, 0.1) is 11.3 Å². The molecule has 2 aromatic carbocycles. The quantitative estimate of drug-likeness (QED) is 0.226. The summed E-state index contributed by atoms with van der Waals surface area (Å²) in [6.07, 6.45) is 12.2. The Morgan fingerprint density at radius 3 is 1.63 bits per heavy atom. The Morgan fingerprint density at radius 2 is 1.13 bits per heavy atom. The lowest BCUT2D eigenvalue weighted by Gasteiger charge is -2.14. The first-order chi connectivity index (χ1) is 14.5. The van der Waals surface area contributed by atoms with Crippen LogP contribution in [-0.2, 0) is 0 Å². The lowest BCUT2D eigenvalue weighted by molar-refractivity contribution is 0.304. The summed E-state index contributed by atoms with van der Waals surface area (Å²) in [6, 6.07) is 19.6. The van der Waals surface area contributed by atoms with Crippen molar-refractivity contribution in [3.05, 3.63) is 54.1 Å². The molecule has 162 valence electrons. The molecular weight excluding hydrogens is 382 g/mol. The Kier molecular flexibility index (Phi) is 10.7. The monoisotopic (exact) mass is 421 g/mol. The van der Waals surface area contributed by atoms with E-state index in [1.54, 1.807) is 0 Å². The third-order valence-corrected chi connectivity index (χ3v) is 7.40. The van der Waals surface area contributed by atoms with Crippen LogP contribution in [0.3, 0.4) is 0 Å². The first-order valence-corrected chi connectivity index (χ1v) is 15.4. The van der Waals surface area contributed by atoms with Gasteiger partial charge in [-0.15, -0.1) is 0 Å². The van der Waals surface area contributed by atoms with Crippen LogP contribution in [0.2, 0.25) is 25.7 Å². The van der Waals surface area contributed by atoms with Gasteiger partial charge in [0.1, 0.15) is 5.75 Å². The third-order valence-electron chi connectivity index (χ3n) is 5.54. The van der Waals surface area contributed by atoms with Gasteiger partial charge in [0, 0.05) is 8.07 Å². The highest BCUT2D eigenvalue weighted by Crippen LogP contribution is 2.23. The summed E-state index contributed by atoms with van der Waals surface area (Å²) >= 11 is 0. The van der Waals surface area contributed by atoms with Crippen molar-refractivity contribution in [2.75, 3.05) is 6.61 Å². The number of benzene rings is 2. The average molecular weight is 422 g/mol. The Labute approximate surface area is 185 Å². The van der Waals surface area contributed by atoms with E-state index in [0.717, 1.165) is 29.9 Å². The van der Waals surface area contributed by atoms with Crippen LogP contribution in [0.25, 0.3) is 11.1 Å². The Hall–Kier alpha value is -2.05. The summed E-state index contributed by atoms with van der Waals surface area (Å²) in [5.41, 5.74) is 2.96. The van der Waals surface area contributed by atoms with Crippen molar-refractivity contribution in [2.45, 2.75) is 83.5 Å². The zero-order valence-electron chi connectivity index (χ0n) is 19.3. The van der Waals surface area contributed by atoms with E-state index in [1.165, 1.54) is 57.4 Å². The second-order valence-electron chi connectivity index (χ2n) is 9.55. The zero-order chi connectivity index (χ0) is 21.7. The fourth-order valence-electron chi connectivity index (χ4n) is 3.67. The van der Waals surface area contributed by atoms with Crippen molar-refractivity contribution in [3.63, 3.8) is 0 Å². The predicted octanol–water partition coefficient (Wildman–Crippen LogP) is 8.45. The number of hydrogen-bond donors (Lipinski definition) is 0. The van der Waals surface area contributed by atoms with Crippen molar-refractivity contribution < 1.29 is 4.74 Å². The maximum atomic E-state index is 8.90. The number of hydrogen-bond acceptors (Lipinski definition) is 2. The van der Waals surface area contributed by atoms with E-state index in [2.05, 4.69) is 37.8 Å². The Balaban J connectivity index is 1.49. The minimum atomic E-state index is -0.819. The van der Waals surface area contributed by atoms with E-state index in [4.69, 9.17) is 10.00 Å². The van der Waals surface area contributed by atoms with Crippen LogP contribution in [-0.4, -0.2) is 14.7 Å². The molecule has 0 aliphatic rings. The van der Waals surface area contributed by atoms with Gasteiger partial charge in [-0.2, -0.15) is 5.26 Å². The van der Waals surface area contributed by atoms with E-state index in [-0.39, 0.29) is 0 Å². The maximum absolute atomic E-state index is 8.90. The largest absolute Gasteiger partial charge is 0.494 e. The van der Waals surface area contributed by atoms with E-state index in [0.29, 0.717) is 5.56 Å². The summed E-state index contributed by atoms with van der Waals surface area (Å²) in [6.45, 7) is 8.22. The van der Waals surface area contributed by atoms with Crippen LogP contribution in [0.15, 0.2) is 48.5 Å². The Bertz CT molecular complexity index is 753. The van der Waals surface area contributed by atoms with Crippen molar-refractivity contribution >= 4 is 8.07 Å². The molecule has 0 fully saturated rings. The molecule has 3 heteroatoms. The molecule has 2 rings (SSSR count). The van der Waals surface area contributed by atoms with Gasteiger partial charge in [-0.1, -0.05) is 101 Å². The number of rotatable bonds is 14. The summed E-state index contributed by atoms with van der Waals surface area (Å²) in [4.78, 5) is 0. The van der Waals surface area contributed by atoms with Gasteiger partial charge in [0.25, 0.3) is 0 Å². The van der Waals surface area contributed by atoms with Crippen LogP contribution in [0.5, 0.6) is 5.75 Å². The lowest BCUT2D eigenvalue weighted by atomic mass is 10.0. The Morgan fingerprint density at radius 1 is 0.667 bits per heavy atom. The van der Waals surface area contributed by atoms with E-state index in [1.807, 2.05) is 36.4 Å². The van der Waals surface area contributed by atoms with Gasteiger partial charge >= 0.3 is 0 Å². The van der Waals surface area contributed by atoms with Crippen molar-refractivity contribution in [2.24, 2.45) is 0 Å². The summed E-state index contributed by atoms with van der Waals surface area (Å²) in [5, 5.41) is 8.90. The molecule has 0 aliphatic carbocycles. The molecular formula is C27H39NOSi. The van der Waals surface area contributed by atoms with Gasteiger partial charge in [-0.25, -0.2) is 0 Å². The highest BCUT2D eigenvalue weighted by molar-refractivity contribution is 6.76. The molecule has 0 saturated heterocycles. The van der Waals surface area contributed by atoms with Crippen molar-refractivity contribution in [1.82, 2.24) is 0 Å². The summed E-state index contributed by atoms with van der Waals surface area (Å²) in [7, 11) is -0.819. The summed E-state index contributed by atoms with van der Waals surface area (Å²) in [5.74, 6) is 0.936. The fourth-order valence-corrected chi connectivity index (χ4v) is 4.98. The molecule has 0 radical (unpaired) electrons. The smallest absolute Gasteiger partial charge is 0.119 e. The van der Waals surface area contributed by atoms with Gasteiger partial charge in [-0.05, 0) is 41.8 Å². The van der Waals surface area contributed by atoms with E-state index in [9.17, 15) is 0 Å².